The minimum Gasteiger partial charge on any atom is -0.497 e. The van der Waals surface area contributed by atoms with Crippen LogP contribution in [0.5, 0.6) is 5.75 Å². The lowest BCUT2D eigenvalue weighted by molar-refractivity contribution is 0.185. The Bertz CT molecular complexity index is 580. The maximum absolute atomic E-state index is 5.40. The Balaban J connectivity index is 1.70. The number of nitrogens with one attached hydrogen (secondary N) is 1. The lowest BCUT2D eigenvalue weighted by atomic mass is 10.1. The van der Waals surface area contributed by atoms with Crippen molar-refractivity contribution in [3.05, 3.63) is 30.5 Å². The monoisotopic (exact) mass is 272 g/mol. The molecule has 20 heavy (non-hydrogen) atoms. The zero-order valence-electron chi connectivity index (χ0n) is 11.8. The number of nitrogens with zero attached hydrogens (tertiary/aromatic N) is 1. The molecule has 0 radical (unpaired) electrons. The number of ether oxygens (including phenoxy) is 2. The summed E-state index contributed by atoms with van der Waals surface area (Å²) in [7, 11) is 1.69. The molecule has 0 aliphatic carbocycles. The van der Waals surface area contributed by atoms with Gasteiger partial charge in [0.15, 0.2) is 0 Å². The molecular weight excluding hydrogens is 252 g/mol. The van der Waals surface area contributed by atoms with Crippen LogP contribution >= 0.6 is 0 Å². The average molecular weight is 272 g/mol. The Morgan fingerprint density at radius 2 is 2.35 bits per heavy atom. The summed E-state index contributed by atoms with van der Waals surface area (Å²) in [6.07, 6.45) is 4.15. The van der Waals surface area contributed by atoms with Gasteiger partial charge in [-0.2, -0.15) is 0 Å². The van der Waals surface area contributed by atoms with Gasteiger partial charge in [-0.15, -0.1) is 0 Å². The Labute approximate surface area is 119 Å². The van der Waals surface area contributed by atoms with Crippen LogP contribution in [-0.2, 0) is 4.74 Å². The molecule has 0 saturated carbocycles. The summed E-state index contributed by atoms with van der Waals surface area (Å²) in [6.45, 7) is 2.75. The zero-order valence-corrected chi connectivity index (χ0v) is 11.8. The van der Waals surface area contributed by atoms with Gasteiger partial charge in [0, 0.05) is 31.3 Å². The van der Waals surface area contributed by atoms with Gasteiger partial charge >= 0.3 is 0 Å². The molecule has 0 amide bonds. The smallest absolute Gasteiger partial charge is 0.133 e. The highest BCUT2D eigenvalue weighted by molar-refractivity contribution is 5.92. The second-order valence-electron chi connectivity index (χ2n) is 5.19. The largest absolute Gasteiger partial charge is 0.497 e. The maximum Gasteiger partial charge on any atom is 0.133 e. The van der Waals surface area contributed by atoms with Gasteiger partial charge in [0.05, 0.1) is 7.11 Å². The minimum atomic E-state index is 0.692. The Hall–Kier alpha value is -1.81. The van der Waals surface area contributed by atoms with E-state index in [9.17, 15) is 0 Å². The van der Waals surface area contributed by atoms with E-state index in [1.165, 1.54) is 6.42 Å². The molecule has 4 nitrogen and oxygen atoms in total. The molecule has 1 aromatic heterocycles. The number of pyridine rings is 1. The molecule has 2 heterocycles. The van der Waals surface area contributed by atoms with E-state index in [4.69, 9.17) is 9.47 Å². The third kappa shape index (κ3) is 2.85. The van der Waals surface area contributed by atoms with Gasteiger partial charge in [-0.05, 0) is 48.4 Å². The molecular formula is C16H20N2O2. The number of fused-ring (bicyclic) bond motifs is 1. The minimum absolute atomic E-state index is 0.692. The first-order chi connectivity index (χ1) is 9.86. The van der Waals surface area contributed by atoms with Gasteiger partial charge in [-0.1, -0.05) is 0 Å². The topological polar surface area (TPSA) is 43.4 Å². The molecule has 0 spiro atoms. The molecule has 1 aliphatic rings. The van der Waals surface area contributed by atoms with Gasteiger partial charge < -0.3 is 14.8 Å². The van der Waals surface area contributed by atoms with Gasteiger partial charge in [0.25, 0.3) is 0 Å². The van der Waals surface area contributed by atoms with Crippen LogP contribution in [0.15, 0.2) is 30.5 Å². The summed E-state index contributed by atoms with van der Waals surface area (Å²) in [6, 6.07) is 8.07. The third-order valence-electron chi connectivity index (χ3n) is 3.84. The van der Waals surface area contributed by atoms with Crippen LogP contribution in [0.2, 0.25) is 0 Å². The molecule has 1 N–H and O–H groups in total. The number of anilines is 1. The highest BCUT2D eigenvalue weighted by atomic mass is 16.5. The molecule has 106 valence electrons. The van der Waals surface area contributed by atoms with Crippen LogP contribution in [-0.4, -0.2) is 31.9 Å². The van der Waals surface area contributed by atoms with Gasteiger partial charge in [-0.3, -0.25) is 0 Å². The molecule has 1 unspecified atom stereocenters. The van der Waals surface area contributed by atoms with Crippen LogP contribution in [0.25, 0.3) is 10.8 Å². The zero-order chi connectivity index (χ0) is 13.8. The van der Waals surface area contributed by atoms with E-state index in [0.29, 0.717) is 5.92 Å². The number of hydrogen-bond donors (Lipinski definition) is 1. The van der Waals surface area contributed by atoms with Crippen molar-refractivity contribution in [3.8, 4) is 5.75 Å². The van der Waals surface area contributed by atoms with E-state index in [2.05, 4.69) is 16.4 Å². The van der Waals surface area contributed by atoms with Crippen LogP contribution in [0, 0.1) is 5.92 Å². The van der Waals surface area contributed by atoms with Gasteiger partial charge in [0.2, 0.25) is 0 Å². The van der Waals surface area contributed by atoms with Gasteiger partial charge in [-0.25, -0.2) is 4.98 Å². The summed E-state index contributed by atoms with van der Waals surface area (Å²) in [5.74, 6) is 2.51. The molecule has 1 fully saturated rings. The molecule has 4 heteroatoms. The fraction of sp³-hybridized carbons (Fsp3) is 0.438. The summed E-state index contributed by atoms with van der Waals surface area (Å²) in [4.78, 5) is 4.44. The van der Waals surface area contributed by atoms with E-state index < -0.39 is 0 Å². The Morgan fingerprint density at radius 1 is 1.40 bits per heavy atom. The summed E-state index contributed by atoms with van der Waals surface area (Å²) >= 11 is 0. The normalized spacial score (nSPS) is 18.4. The first-order valence-corrected chi connectivity index (χ1v) is 7.11. The van der Waals surface area contributed by atoms with Crippen LogP contribution < -0.4 is 10.1 Å². The summed E-state index contributed by atoms with van der Waals surface area (Å²) < 4.78 is 10.7. The Kier molecular flexibility index (Phi) is 4.02. The van der Waals surface area contributed by atoms with Crippen molar-refractivity contribution < 1.29 is 9.47 Å². The van der Waals surface area contributed by atoms with Crippen molar-refractivity contribution in [3.63, 3.8) is 0 Å². The average Bonchev–Trinajstić information content (AvgIpc) is 3.00. The van der Waals surface area contributed by atoms with Crippen molar-refractivity contribution in [1.29, 1.82) is 0 Å². The van der Waals surface area contributed by atoms with E-state index >= 15 is 0 Å². The molecule has 2 aromatic rings. The van der Waals surface area contributed by atoms with Crippen molar-refractivity contribution >= 4 is 16.6 Å². The second-order valence-corrected chi connectivity index (χ2v) is 5.19. The van der Waals surface area contributed by atoms with Crippen LogP contribution in [0.4, 0.5) is 5.82 Å². The van der Waals surface area contributed by atoms with E-state index in [1.807, 2.05) is 24.4 Å². The van der Waals surface area contributed by atoms with Crippen molar-refractivity contribution in [2.24, 2.45) is 5.92 Å². The first kappa shape index (κ1) is 13.2. The Morgan fingerprint density at radius 3 is 3.15 bits per heavy atom. The summed E-state index contributed by atoms with van der Waals surface area (Å²) in [5, 5.41) is 5.72. The van der Waals surface area contributed by atoms with Crippen LogP contribution in [0.3, 0.4) is 0 Å². The highest BCUT2D eigenvalue weighted by Crippen LogP contribution is 2.25. The van der Waals surface area contributed by atoms with E-state index in [-0.39, 0.29) is 0 Å². The molecule has 1 saturated heterocycles. The fourth-order valence-corrected chi connectivity index (χ4v) is 2.63. The fourth-order valence-electron chi connectivity index (χ4n) is 2.63. The first-order valence-electron chi connectivity index (χ1n) is 7.11. The molecule has 1 atom stereocenters. The number of rotatable bonds is 5. The molecule has 0 bridgehead atoms. The maximum atomic E-state index is 5.40. The predicted octanol–water partition coefficient (Wildman–Crippen LogP) is 3.08. The van der Waals surface area contributed by atoms with E-state index in [0.717, 1.165) is 48.5 Å². The van der Waals surface area contributed by atoms with Crippen molar-refractivity contribution in [1.82, 2.24) is 4.98 Å². The summed E-state index contributed by atoms with van der Waals surface area (Å²) in [5.41, 5.74) is 0. The lowest BCUT2D eigenvalue weighted by Gasteiger charge is -2.11. The third-order valence-corrected chi connectivity index (χ3v) is 3.84. The predicted molar refractivity (Wildman–Crippen MR) is 80.3 cm³/mol. The standard InChI is InChI=1S/C16H20N2O2/c1-19-14-2-3-15-13(10-14)5-8-18-16(15)17-7-4-12-6-9-20-11-12/h2-3,5,8,10,12H,4,6-7,9,11H2,1H3,(H,17,18). The van der Waals surface area contributed by atoms with Gasteiger partial charge in [0.1, 0.15) is 11.6 Å². The molecule has 1 aliphatic heterocycles. The highest BCUT2D eigenvalue weighted by Gasteiger charge is 2.15. The van der Waals surface area contributed by atoms with Crippen molar-refractivity contribution in [2.45, 2.75) is 12.8 Å². The number of hydrogen-bond acceptors (Lipinski definition) is 4. The SMILES string of the molecule is COc1ccc2c(NCCC3CCOC3)nccc2c1. The van der Waals surface area contributed by atoms with Crippen LogP contribution in [0.1, 0.15) is 12.8 Å². The number of aromatic nitrogens is 1. The second kappa shape index (κ2) is 6.09. The van der Waals surface area contributed by atoms with Crippen molar-refractivity contribution in [2.75, 3.05) is 32.2 Å². The molecule has 3 rings (SSSR count). The quantitative estimate of drug-likeness (QED) is 0.908. The lowest BCUT2D eigenvalue weighted by Crippen LogP contribution is -2.10. The molecule has 1 aromatic carbocycles. The number of methoxy groups -OCH3 is 1. The van der Waals surface area contributed by atoms with E-state index in [1.54, 1.807) is 7.11 Å². The number of benzene rings is 1.